The van der Waals surface area contributed by atoms with Gasteiger partial charge in [-0.05, 0) is 82.1 Å². The average Bonchev–Trinajstić information content (AvgIpc) is 2.72. The van der Waals surface area contributed by atoms with Crippen molar-refractivity contribution in [3.8, 4) is 0 Å². The summed E-state index contributed by atoms with van der Waals surface area (Å²) < 4.78 is 18.8. The van der Waals surface area contributed by atoms with Crippen molar-refractivity contribution in [2.45, 2.75) is 106 Å². The zero-order valence-electron chi connectivity index (χ0n) is 26.6. The van der Waals surface area contributed by atoms with Gasteiger partial charge in [-0.25, -0.2) is 4.79 Å². The number of rotatable bonds is 12. The Bertz CT molecular complexity index is 838. The molecule has 0 bridgehead atoms. The van der Waals surface area contributed by atoms with E-state index >= 15 is 0 Å². The molecule has 0 heterocycles. The monoisotopic (exact) mass is 564 g/mol. The van der Waals surface area contributed by atoms with Crippen molar-refractivity contribution in [2.75, 3.05) is 29.4 Å². The van der Waals surface area contributed by atoms with E-state index in [-0.39, 0.29) is 29.1 Å². The topological polar surface area (TPSA) is 51.2 Å². The van der Waals surface area contributed by atoms with Crippen LogP contribution in [-0.2, 0) is 13.6 Å². The maximum atomic E-state index is 12.9. The molecule has 6 nitrogen and oxygen atoms in total. The summed E-state index contributed by atoms with van der Waals surface area (Å²) in [5.41, 5.74) is 1.29. The number of carbonyl (C=O) groups is 1. The molecule has 0 aliphatic rings. The lowest BCUT2D eigenvalue weighted by molar-refractivity contribution is 0.0584. The molecule has 0 aliphatic heterocycles. The Morgan fingerprint density at radius 1 is 0.816 bits per heavy atom. The number of hydrogen-bond acceptors (Lipinski definition) is 5. The van der Waals surface area contributed by atoms with Crippen molar-refractivity contribution in [1.29, 1.82) is 0 Å². The summed E-state index contributed by atoms with van der Waals surface area (Å²) in [6, 6.07) is 8.16. The van der Waals surface area contributed by atoms with E-state index in [1.807, 2.05) is 32.9 Å². The summed E-state index contributed by atoms with van der Waals surface area (Å²) >= 11 is 0. The van der Waals surface area contributed by atoms with Gasteiger partial charge in [0.15, 0.2) is 18.1 Å². The highest BCUT2D eigenvalue weighted by atomic mass is 28.3. The lowest BCUT2D eigenvalue weighted by atomic mass is 9.87. The fraction of sp³-hybridized carbons (Fsp3) is 0.700. The summed E-state index contributed by atoms with van der Waals surface area (Å²) in [5, 5.41) is 0. The summed E-state index contributed by atoms with van der Waals surface area (Å²) in [4.78, 5) is 16.9. The lowest BCUT2D eigenvalue weighted by Gasteiger charge is -2.41. The number of amides is 1. The van der Waals surface area contributed by atoms with Crippen molar-refractivity contribution < 1.29 is 18.4 Å². The standard InChI is InChI=1S/C30H56N2O4Si2/c1-15-20-32(27(33)34-30(8,9)10)24-18-16-23(17-19-24)31(21-25(28(2,3)4)35-37(11)12)22-26(29(5,6)7)36-38(13)14/h15-19,25-26,37-38H,1,20-22H2,2-14H3. The van der Waals surface area contributed by atoms with E-state index in [9.17, 15) is 4.79 Å². The molecule has 8 heteroatoms. The van der Waals surface area contributed by atoms with E-state index in [2.05, 4.69) is 91.3 Å². The maximum Gasteiger partial charge on any atom is 0.415 e. The molecule has 2 unspecified atom stereocenters. The fourth-order valence-corrected chi connectivity index (χ4v) is 6.26. The molecular formula is C30H56N2O4Si2. The van der Waals surface area contributed by atoms with Gasteiger partial charge in [0, 0.05) is 31.0 Å². The van der Waals surface area contributed by atoms with E-state index in [0.29, 0.717) is 6.54 Å². The molecule has 1 aromatic rings. The van der Waals surface area contributed by atoms with Gasteiger partial charge >= 0.3 is 6.09 Å². The molecule has 0 N–H and O–H groups in total. The summed E-state index contributed by atoms with van der Waals surface area (Å²) in [6.07, 6.45) is 1.51. The summed E-state index contributed by atoms with van der Waals surface area (Å²) in [6.45, 7) is 33.8. The average molecular weight is 565 g/mol. The van der Waals surface area contributed by atoms with Crippen LogP contribution in [0.25, 0.3) is 0 Å². The smallest absolute Gasteiger partial charge is 0.415 e. The number of carbonyl (C=O) groups excluding carboxylic acids is 1. The Labute approximate surface area is 237 Å². The van der Waals surface area contributed by atoms with Crippen LogP contribution in [0.4, 0.5) is 16.2 Å². The molecule has 38 heavy (non-hydrogen) atoms. The third kappa shape index (κ3) is 12.1. The number of benzene rings is 1. The molecule has 0 aliphatic carbocycles. The Balaban J connectivity index is 3.45. The molecule has 0 saturated heterocycles. The maximum absolute atomic E-state index is 12.9. The second-order valence-electron chi connectivity index (χ2n) is 13.9. The second-order valence-corrected chi connectivity index (χ2v) is 18.6. The van der Waals surface area contributed by atoms with Gasteiger partial charge < -0.3 is 18.5 Å². The van der Waals surface area contributed by atoms with E-state index in [0.717, 1.165) is 24.5 Å². The Morgan fingerprint density at radius 2 is 1.21 bits per heavy atom. The van der Waals surface area contributed by atoms with Crippen molar-refractivity contribution in [2.24, 2.45) is 10.8 Å². The van der Waals surface area contributed by atoms with Gasteiger partial charge in [0.25, 0.3) is 0 Å². The summed E-state index contributed by atoms with van der Waals surface area (Å²) in [5.74, 6) is 0. The van der Waals surface area contributed by atoms with E-state index in [4.69, 9.17) is 13.6 Å². The Morgan fingerprint density at radius 3 is 1.53 bits per heavy atom. The molecule has 2 atom stereocenters. The molecule has 1 amide bonds. The van der Waals surface area contributed by atoms with Gasteiger partial charge in [-0.2, -0.15) is 0 Å². The first-order valence-corrected chi connectivity index (χ1v) is 19.6. The van der Waals surface area contributed by atoms with Crippen LogP contribution < -0.4 is 9.80 Å². The molecule has 218 valence electrons. The molecule has 1 rings (SSSR count). The van der Waals surface area contributed by atoms with E-state index < -0.39 is 23.7 Å². The van der Waals surface area contributed by atoms with Crippen molar-refractivity contribution in [3.05, 3.63) is 36.9 Å². The minimum atomic E-state index is -1.25. The van der Waals surface area contributed by atoms with Gasteiger partial charge in [0.05, 0.1) is 12.2 Å². The van der Waals surface area contributed by atoms with Crippen LogP contribution >= 0.6 is 0 Å². The first-order chi connectivity index (χ1) is 17.2. The predicted molar refractivity (Wildman–Crippen MR) is 169 cm³/mol. The van der Waals surface area contributed by atoms with Crippen molar-refractivity contribution in [3.63, 3.8) is 0 Å². The number of ether oxygens (including phenoxy) is 1. The largest absolute Gasteiger partial charge is 0.443 e. The van der Waals surface area contributed by atoms with Crippen molar-refractivity contribution in [1.82, 2.24) is 0 Å². The molecule has 0 saturated carbocycles. The van der Waals surface area contributed by atoms with Gasteiger partial charge in [-0.1, -0.05) is 47.6 Å². The molecule has 0 spiro atoms. The fourth-order valence-electron chi connectivity index (χ4n) is 3.96. The van der Waals surface area contributed by atoms with Gasteiger partial charge in [-0.3, -0.25) is 4.90 Å². The van der Waals surface area contributed by atoms with Gasteiger partial charge in [0.1, 0.15) is 5.60 Å². The van der Waals surface area contributed by atoms with Gasteiger partial charge in [-0.15, -0.1) is 6.58 Å². The number of hydrogen-bond donors (Lipinski definition) is 0. The van der Waals surface area contributed by atoms with Crippen LogP contribution in [0.3, 0.4) is 0 Å². The highest BCUT2D eigenvalue weighted by Crippen LogP contribution is 2.31. The van der Waals surface area contributed by atoms with Gasteiger partial charge in [0.2, 0.25) is 0 Å². The SMILES string of the molecule is C=CCN(C(=O)OC(C)(C)C)c1ccc(N(CC(O[SiH](C)C)C(C)(C)C)CC(O[SiH](C)C)C(C)(C)C)cc1. The van der Waals surface area contributed by atoms with Crippen LogP contribution in [-0.4, -0.2) is 61.6 Å². The minimum Gasteiger partial charge on any atom is -0.443 e. The van der Waals surface area contributed by atoms with Crippen LogP contribution in [0.5, 0.6) is 0 Å². The lowest BCUT2D eigenvalue weighted by Crippen LogP contribution is -2.49. The quantitative estimate of drug-likeness (QED) is 0.198. The van der Waals surface area contributed by atoms with E-state index in [1.54, 1.807) is 11.0 Å². The molecule has 0 aromatic heterocycles. The van der Waals surface area contributed by atoms with Crippen LogP contribution in [0, 0.1) is 10.8 Å². The highest BCUT2D eigenvalue weighted by molar-refractivity contribution is 6.48. The Hall–Kier alpha value is -1.62. The second kappa shape index (κ2) is 14.1. The first kappa shape index (κ1) is 34.4. The Kier molecular flexibility index (Phi) is 12.8. The summed E-state index contributed by atoms with van der Waals surface area (Å²) in [7, 11) is -2.50. The molecule has 0 radical (unpaired) electrons. The normalized spacial score (nSPS) is 14.4. The van der Waals surface area contributed by atoms with Crippen LogP contribution in [0.1, 0.15) is 62.3 Å². The van der Waals surface area contributed by atoms with E-state index in [1.165, 1.54) is 0 Å². The molecular weight excluding hydrogens is 509 g/mol. The molecule has 0 fully saturated rings. The van der Waals surface area contributed by atoms with Crippen molar-refractivity contribution >= 4 is 35.5 Å². The first-order valence-electron chi connectivity index (χ1n) is 14.0. The third-order valence-electron chi connectivity index (χ3n) is 6.03. The number of nitrogens with zero attached hydrogens (tertiary/aromatic N) is 2. The zero-order chi connectivity index (χ0) is 29.5. The number of anilines is 2. The molecule has 1 aromatic carbocycles. The third-order valence-corrected chi connectivity index (χ3v) is 7.77. The predicted octanol–water partition coefficient (Wildman–Crippen LogP) is 7.25. The zero-order valence-corrected chi connectivity index (χ0v) is 28.9. The van der Waals surface area contributed by atoms with Crippen LogP contribution in [0.15, 0.2) is 36.9 Å². The highest BCUT2D eigenvalue weighted by Gasteiger charge is 2.33. The minimum absolute atomic E-state index is 0.00216. The van der Waals surface area contributed by atoms with Crippen LogP contribution in [0.2, 0.25) is 26.2 Å².